The largest absolute Gasteiger partial charge is 0.309 e. The van der Waals surface area contributed by atoms with E-state index < -0.39 is 0 Å². The van der Waals surface area contributed by atoms with Gasteiger partial charge in [0.25, 0.3) is 0 Å². The zero-order chi connectivity index (χ0) is 33.0. The Kier molecular flexibility index (Phi) is 6.53. The van der Waals surface area contributed by atoms with Crippen molar-refractivity contribution in [2.45, 2.75) is 0 Å². The van der Waals surface area contributed by atoms with Crippen LogP contribution in [0.3, 0.4) is 0 Å². The van der Waals surface area contributed by atoms with Gasteiger partial charge in [-0.15, -0.1) is 0 Å². The first kappa shape index (κ1) is 28.4. The van der Waals surface area contributed by atoms with Crippen molar-refractivity contribution in [1.82, 2.24) is 9.13 Å². The summed E-state index contributed by atoms with van der Waals surface area (Å²) in [6, 6.07) is 70.3. The molecule has 0 N–H and O–H groups in total. The molecule has 0 aliphatic carbocycles. The summed E-state index contributed by atoms with van der Waals surface area (Å²) in [5.41, 5.74) is 14.4. The molecule has 0 radical (unpaired) electrons. The first-order valence-corrected chi connectivity index (χ1v) is 17.2. The highest BCUT2D eigenvalue weighted by atomic mass is 15.0. The number of benzene rings is 8. The minimum atomic E-state index is 1.15. The highest BCUT2D eigenvalue weighted by molar-refractivity contribution is 6.28. The number of hydrogen-bond donors (Lipinski definition) is 0. The third kappa shape index (κ3) is 4.50. The lowest BCUT2D eigenvalue weighted by atomic mass is 9.99. The number of rotatable bonds is 5. The Hall–Kier alpha value is -6.64. The van der Waals surface area contributed by atoms with Gasteiger partial charge >= 0.3 is 0 Å². The Bertz CT molecular complexity index is 2840. The van der Waals surface area contributed by atoms with Crippen LogP contribution >= 0.6 is 0 Å². The summed E-state index contributed by atoms with van der Waals surface area (Å²) in [5, 5.41) is 5.08. The van der Waals surface area contributed by atoms with Crippen molar-refractivity contribution in [3.63, 3.8) is 0 Å². The Morgan fingerprint density at radius 1 is 0.240 bits per heavy atom. The number of para-hydroxylation sites is 2. The molecule has 10 rings (SSSR count). The standard InChI is InChI=1S/C48H32N2/c1-3-13-33(14-4-1)35-25-27-39(28-26-35)49-43-23-9-7-21-41(43)47-45(49)29-30-46-48(47)42-22-8-10-24-44(42)50(46)40-20-12-19-38(32-40)37-18-11-17-36(31-37)34-15-5-2-6-16-34/h1-32H. The fourth-order valence-electron chi connectivity index (χ4n) is 7.84. The molecule has 8 aromatic carbocycles. The van der Waals surface area contributed by atoms with E-state index >= 15 is 0 Å². The number of hydrogen-bond acceptors (Lipinski definition) is 0. The van der Waals surface area contributed by atoms with Gasteiger partial charge in [-0.1, -0.05) is 140 Å². The first-order valence-electron chi connectivity index (χ1n) is 17.2. The summed E-state index contributed by atoms with van der Waals surface area (Å²) in [4.78, 5) is 0. The second-order valence-corrected chi connectivity index (χ2v) is 13.0. The van der Waals surface area contributed by atoms with Gasteiger partial charge in [0, 0.05) is 32.9 Å². The minimum Gasteiger partial charge on any atom is -0.309 e. The highest BCUT2D eigenvalue weighted by Crippen LogP contribution is 2.42. The average molecular weight is 637 g/mol. The molecule has 0 aliphatic rings. The summed E-state index contributed by atoms with van der Waals surface area (Å²) in [7, 11) is 0. The van der Waals surface area contributed by atoms with E-state index in [1.54, 1.807) is 0 Å². The summed E-state index contributed by atoms with van der Waals surface area (Å²) in [5.74, 6) is 0. The van der Waals surface area contributed by atoms with Crippen molar-refractivity contribution in [3.05, 3.63) is 194 Å². The van der Waals surface area contributed by atoms with Crippen molar-refractivity contribution in [2.24, 2.45) is 0 Å². The molecule has 234 valence electrons. The van der Waals surface area contributed by atoms with E-state index in [9.17, 15) is 0 Å². The van der Waals surface area contributed by atoms with Gasteiger partial charge in [-0.2, -0.15) is 0 Å². The Balaban J connectivity index is 1.18. The average Bonchev–Trinajstić information content (AvgIpc) is 3.72. The Labute approximate surface area is 290 Å². The van der Waals surface area contributed by atoms with Gasteiger partial charge in [-0.05, 0) is 88.0 Å². The maximum absolute atomic E-state index is 2.44. The maximum Gasteiger partial charge on any atom is 0.0548 e. The van der Waals surface area contributed by atoms with E-state index in [-0.39, 0.29) is 0 Å². The zero-order valence-electron chi connectivity index (χ0n) is 27.4. The highest BCUT2D eigenvalue weighted by Gasteiger charge is 2.20. The van der Waals surface area contributed by atoms with Gasteiger partial charge in [-0.25, -0.2) is 0 Å². The van der Waals surface area contributed by atoms with Gasteiger partial charge in [0.1, 0.15) is 0 Å². The van der Waals surface area contributed by atoms with E-state index in [0.29, 0.717) is 0 Å². The topological polar surface area (TPSA) is 9.86 Å². The SMILES string of the molecule is c1ccc(-c2ccc(-n3c4ccccc4c4c5c6ccccc6n(-c6cccc(-c7cccc(-c8ccccc8)c7)c6)c5ccc43)cc2)cc1. The molecule has 0 spiro atoms. The molecular weight excluding hydrogens is 605 g/mol. The smallest absolute Gasteiger partial charge is 0.0548 e. The fourth-order valence-corrected chi connectivity index (χ4v) is 7.84. The second-order valence-electron chi connectivity index (χ2n) is 13.0. The van der Waals surface area contributed by atoms with E-state index in [4.69, 9.17) is 0 Å². The third-order valence-electron chi connectivity index (χ3n) is 10.1. The maximum atomic E-state index is 2.44. The normalized spacial score (nSPS) is 11.6. The van der Waals surface area contributed by atoms with Crippen molar-refractivity contribution in [3.8, 4) is 44.8 Å². The molecule has 2 heteroatoms. The molecule has 0 fully saturated rings. The van der Waals surface area contributed by atoms with E-state index in [1.165, 1.54) is 77.0 Å². The van der Waals surface area contributed by atoms with Crippen LogP contribution in [0.15, 0.2) is 194 Å². The zero-order valence-corrected chi connectivity index (χ0v) is 27.4. The van der Waals surface area contributed by atoms with Gasteiger partial charge < -0.3 is 9.13 Å². The molecule has 0 amide bonds. The van der Waals surface area contributed by atoms with Crippen LogP contribution in [0, 0.1) is 0 Å². The van der Waals surface area contributed by atoms with Crippen LogP contribution in [0.4, 0.5) is 0 Å². The van der Waals surface area contributed by atoms with Gasteiger partial charge in [0.2, 0.25) is 0 Å². The summed E-state index contributed by atoms with van der Waals surface area (Å²) >= 11 is 0. The van der Waals surface area contributed by atoms with Gasteiger partial charge in [0.05, 0.1) is 22.1 Å². The fraction of sp³-hybridized carbons (Fsp3) is 0. The number of nitrogens with zero attached hydrogens (tertiary/aromatic N) is 2. The second kappa shape index (κ2) is 11.5. The molecule has 10 aromatic rings. The quantitative estimate of drug-likeness (QED) is 0.178. The predicted octanol–water partition coefficient (Wildman–Crippen LogP) is 12.9. The van der Waals surface area contributed by atoms with Crippen molar-refractivity contribution >= 4 is 43.6 Å². The summed E-state index contributed by atoms with van der Waals surface area (Å²) < 4.78 is 4.86. The van der Waals surface area contributed by atoms with Crippen LogP contribution in [-0.2, 0) is 0 Å². The molecule has 0 aliphatic heterocycles. The Morgan fingerprint density at radius 3 is 1.26 bits per heavy atom. The molecule has 0 saturated heterocycles. The van der Waals surface area contributed by atoms with Gasteiger partial charge in [-0.3, -0.25) is 0 Å². The lowest BCUT2D eigenvalue weighted by Gasteiger charge is -2.12. The molecule has 2 heterocycles. The molecule has 0 atom stereocenters. The lowest BCUT2D eigenvalue weighted by molar-refractivity contribution is 1.17. The number of fused-ring (bicyclic) bond motifs is 7. The van der Waals surface area contributed by atoms with E-state index in [0.717, 1.165) is 11.4 Å². The van der Waals surface area contributed by atoms with Crippen LogP contribution < -0.4 is 0 Å². The van der Waals surface area contributed by atoms with Gasteiger partial charge in [0.15, 0.2) is 0 Å². The molecular formula is C48H32N2. The minimum absolute atomic E-state index is 1.15. The molecule has 0 bridgehead atoms. The predicted molar refractivity (Wildman–Crippen MR) is 211 cm³/mol. The summed E-state index contributed by atoms with van der Waals surface area (Å²) in [6.07, 6.45) is 0. The van der Waals surface area contributed by atoms with Crippen molar-refractivity contribution < 1.29 is 0 Å². The van der Waals surface area contributed by atoms with Crippen LogP contribution in [-0.4, -0.2) is 9.13 Å². The molecule has 2 nitrogen and oxygen atoms in total. The van der Waals surface area contributed by atoms with Crippen molar-refractivity contribution in [2.75, 3.05) is 0 Å². The van der Waals surface area contributed by atoms with E-state index in [1.807, 2.05) is 0 Å². The van der Waals surface area contributed by atoms with Crippen LogP contribution in [0.2, 0.25) is 0 Å². The first-order chi connectivity index (χ1) is 24.8. The van der Waals surface area contributed by atoms with Crippen LogP contribution in [0.1, 0.15) is 0 Å². The molecule has 2 aromatic heterocycles. The Morgan fingerprint density at radius 2 is 0.660 bits per heavy atom. The molecule has 50 heavy (non-hydrogen) atoms. The molecule has 0 saturated carbocycles. The number of aromatic nitrogens is 2. The third-order valence-corrected chi connectivity index (χ3v) is 10.1. The lowest BCUT2D eigenvalue weighted by Crippen LogP contribution is -1.95. The van der Waals surface area contributed by atoms with Crippen LogP contribution in [0.5, 0.6) is 0 Å². The van der Waals surface area contributed by atoms with Crippen molar-refractivity contribution in [1.29, 1.82) is 0 Å². The van der Waals surface area contributed by atoms with Crippen LogP contribution in [0.25, 0.3) is 88.4 Å². The summed E-state index contributed by atoms with van der Waals surface area (Å²) in [6.45, 7) is 0. The van der Waals surface area contributed by atoms with E-state index in [2.05, 4.69) is 203 Å². The molecule has 0 unspecified atom stereocenters. The monoisotopic (exact) mass is 636 g/mol.